The molecule has 9 heteroatoms. The minimum Gasteiger partial charge on any atom is -0.483 e. The fraction of sp³-hybridized carbons (Fsp3) is 0.259. The highest BCUT2D eigenvalue weighted by atomic mass is 35.5. The number of carboxylic acid groups (broad SMARTS) is 1. The Balaban J connectivity index is 0.000000676. The van der Waals surface area contributed by atoms with Crippen molar-refractivity contribution in [1.82, 2.24) is 0 Å². The fourth-order valence-corrected chi connectivity index (χ4v) is 3.12. The smallest absolute Gasteiger partial charge is 0.323 e. The molecule has 0 radical (unpaired) electrons. The fourth-order valence-electron chi connectivity index (χ4n) is 2.99. The molecule has 36 heavy (non-hydrogen) atoms. The van der Waals surface area contributed by atoms with Crippen LogP contribution in [-0.2, 0) is 16.1 Å². The van der Waals surface area contributed by atoms with Crippen LogP contribution in [-0.4, -0.2) is 37.9 Å². The standard InChI is InChI=1S/C23H23ClFN3O2.C3H6.CH2O2/c1-30-15-14-28(16-17-10-12-18(24)13-11-17)22-9-5-4-8-21(22)27-23(29)26-20-7-3-2-6-19(20)25;1-2-3-1;2-1-3/h2-13H,14-16H2,1H3,(H2,26,27,29);1-3H2;1H,(H,2,3). The van der Waals surface area contributed by atoms with E-state index in [9.17, 15) is 9.18 Å². The van der Waals surface area contributed by atoms with Crippen molar-refractivity contribution in [2.75, 3.05) is 35.8 Å². The summed E-state index contributed by atoms with van der Waals surface area (Å²) >= 11 is 5.99. The molecule has 0 spiro atoms. The molecule has 0 bridgehead atoms. The highest BCUT2D eigenvalue weighted by Crippen LogP contribution is 2.28. The molecule has 3 N–H and O–H groups in total. The molecule has 1 aliphatic rings. The Bertz CT molecular complexity index is 1080. The lowest BCUT2D eigenvalue weighted by atomic mass is 10.1. The van der Waals surface area contributed by atoms with Crippen molar-refractivity contribution in [2.45, 2.75) is 25.8 Å². The maximum absolute atomic E-state index is 13.8. The van der Waals surface area contributed by atoms with Gasteiger partial charge in [-0.05, 0) is 42.0 Å². The number of hydrogen-bond acceptors (Lipinski definition) is 4. The number of carbonyl (C=O) groups excluding carboxylic acids is 1. The number of amides is 2. The summed E-state index contributed by atoms with van der Waals surface area (Å²) in [5.74, 6) is -0.495. The Kier molecular flexibility index (Phi) is 12.8. The second-order valence-corrected chi connectivity index (χ2v) is 8.22. The molecule has 4 rings (SSSR count). The van der Waals surface area contributed by atoms with Crippen molar-refractivity contribution in [1.29, 1.82) is 0 Å². The van der Waals surface area contributed by atoms with Gasteiger partial charge in [0.1, 0.15) is 5.82 Å². The molecule has 192 valence electrons. The van der Waals surface area contributed by atoms with Gasteiger partial charge in [-0.25, -0.2) is 9.18 Å². The summed E-state index contributed by atoms with van der Waals surface area (Å²) in [5.41, 5.74) is 2.62. The van der Waals surface area contributed by atoms with Crippen molar-refractivity contribution in [3.8, 4) is 0 Å². The van der Waals surface area contributed by atoms with Crippen LogP contribution in [0, 0.1) is 5.82 Å². The molecule has 3 aromatic rings. The Morgan fingerprint density at radius 3 is 2.14 bits per heavy atom. The topological polar surface area (TPSA) is 90.9 Å². The average Bonchev–Trinajstić information content (AvgIpc) is 3.75. The lowest BCUT2D eigenvalue weighted by Crippen LogP contribution is -2.29. The van der Waals surface area contributed by atoms with Crippen molar-refractivity contribution < 1.29 is 23.8 Å². The van der Waals surface area contributed by atoms with Gasteiger partial charge in [0.2, 0.25) is 0 Å². The van der Waals surface area contributed by atoms with Crippen LogP contribution in [0.5, 0.6) is 0 Å². The van der Waals surface area contributed by atoms with Gasteiger partial charge in [0, 0.05) is 25.2 Å². The number of para-hydroxylation sites is 3. The highest BCUT2D eigenvalue weighted by molar-refractivity contribution is 6.30. The summed E-state index contributed by atoms with van der Waals surface area (Å²) in [6, 6.07) is 20.6. The Labute approximate surface area is 215 Å². The summed E-state index contributed by atoms with van der Waals surface area (Å²) in [7, 11) is 1.65. The van der Waals surface area contributed by atoms with Crippen LogP contribution in [0.15, 0.2) is 72.8 Å². The Hall–Kier alpha value is -3.62. The van der Waals surface area contributed by atoms with Crippen LogP contribution < -0.4 is 15.5 Å². The summed E-state index contributed by atoms with van der Waals surface area (Å²) in [6.07, 6.45) is 4.50. The van der Waals surface area contributed by atoms with Gasteiger partial charge < -0.3 is 25.4 Å². The molecule has 0 heterocycles. The van der Waals surface area contributed by atoms with Gasteiger partial charge >= 0.3 is 6.03 Å². The molecule has 1 aliphatic carbocycles. The first-order valence-electron chi connectivity index (χ1n) is 11.5. The molecule has 0 aliphatic heterocycles. The van der Waals surface area contributed by atoms with E-state index in [0.29, 0.717) is 30.4 Å². The zero-order chi connectivity index (χ0) is 26.2. The number of hydrogen-bond donors (Lipinski definition) is 3. The van der Waals surface area contributed by atoms with Gasteiger partial charge in [-0.2, -0.15) is 0 Å². The quantitative estimate of drug-likeness (QED) is 0.292. The third-order valence-corrected chi connectivity index (χ3v) is 5.07. The lowest BCUT2D eigenvalue weighted by molar-refractivity contribution is -0.122. The number of benzene rings is 3. The SMILES string of the molecule is C1CC1.COCCN(Cc1ccc(Cl)cc1)c1ccccc1NC(=O)Nc1ccccc1F.O=CO. The van der Waals surface area contributed by atoms with E-state index < -0.39 is 11.8 Å². The van der Waals surface area contributed by atoms with Gasteiger partial charge in [-0.15, -0.1) is 0 Å². The number of urea groups is 1. The molecule has 0 unspecified atom stereocenters. The first kappa shape index (κ1) is 28.6. The van der Waals surface area contributed by atoms with Crippen LogP contribution >= 0.6 is 11.6 Å². The number of nitrogens with one attached hydrogen (secondary N) is 2. The number of nitrogens with zero attached hydrogens (tertiary/aromatic N) is 1. The van der Waals surface area contributed by atoms with Crippen LogP contribution in [0.3, 0.4) is 0 Å². The third-order valence-electron chi connectivity index (χ3n) is 4.82. The number of anilines is 3. The van der Waals surface area contributed by atoms with E-state index in [-0.39, 0.29) is 12.2 Å². The predicted molar refractivity (Wildman–Crippen MR) is 142 cm³/mol. The highest BCUT2D eigenvalue weighted by Gasteiger charge is 2.14. The molecule has 0 aromatic heterocycles. The molecule has 0 atom stereocenters. The van der Waals surface area contributed by atoms with Crippen LogP contribution in [0.1, 0.15) is 24.8 Å². The van der Waals surface area contributed by atoms with Gasteiger partial charge in [-0.3, -0.25) is 4.79 Å². The maximum Gasteiger partial charge on any atom is 0.323 e. The van der Waals surface area contributed by atoms with E-state index in [2.05, 4.69) is 15.5 Å². The van der Waals surface area contributed by atoms with Crippen molar-refractivity contribution in [3.05, 3.63) is 89.2 Å². The molecule has 2 amide bonds. The molecule has 1 fully saturated rings. The van der Waals surface area contributed by atoms with Crippen LogP contribution in [0.25, 0.3) is 0 Å². The second-order valence-electron chi connectivity index (χ2n) is 7.78. The second kappa shape index (κ2) is 16.1. The van der Waals surface area contributed by atoms with E-state index in [0.717, 1.165) is 11.3 Å². The average molecular weight is 516 g/mol. The first-order chi connectivity index (χ1) is 17.5. The monoisotopic (exact) mass is 515 g/mol. The number of methoxy groups -OCH3 is 1. The zero-order valence-electron chi connectivity index (χ0n) is 20.1. The van der Waals surface area contributed by atoms with Crippen molar-refractivity contribution in [3.63, 3.8) is 0 Å². The number of rotatable bonds is 8. The summed E-state index contributed by atoms with van der Waals surface area (Å²) in [6.45, 7) is 1.49. The molecule has 0 saturated heterocycles. The van der Waals surface area contributed by atoms with E-state index in [1.54, 1.807) is 25.3 Å². The predicted octanol–water partition coefficient (Wildman–Crippen LogP) is 6.65. The number of carbonyl (C=O) groups is 2. The van der Waals surface area contributed by atoms with E-state index in [4.69, 9.17) is 26.2 Å². The minimum atomic E-state index is -0.522. The Morgan fingerprint density at radius 2 is 1.56 bits per heavy atom. The third kappa shape index (κ3) is 10.8. The molecular formula is C27H31ClFN3O4. The van der Waals surface area contributed by atoms with Crippen molar-refractivity contribution in [2.24, 2.45) is 0 Å². The normalized spacial score (nSPS) is 11.1. The van der Waals surface area contributed by atoms with E-state index in [1.165, 1.54) is 31.4 Å². The van der Waals surface area contributed by atoms with E-state index >= 15 is 0 Å². The van der Waals surface area contributed by atoms with Gasteiger partial charge in [0.05, 0.1) is 23.7 Å². The molecular weight excluding hydrogens is 485 g/mol. The zero-order valence-corrected chi connectivity index (χ0v) is 20.9. The molecule has 7 nitrogen and oxygen atoms in total. The lowest BCUT2D eigenvalue weighted by Gasteiger charge is -2.27. The van der Waals surface area contributed by atoms with Crippen molar-refractivity contribution >= 4 is 41.2 Å². The van der Waals surface area contributed by atoms with E-state index in [1.807, 2.05) is 42.5 Å². The number of halogens is 2. The largest absolute Gasteiger partial charge is 0.483 e. The molecule has 3 aromatic carbocycles. The summed E-state index contributed by atoms with van der Waals surface area (Å²) in [5, 5.41) is 12.9. The van der Waals surface area contributed by atoms with Gasteiger partial charge in [-0.1, -0.05) is 67.3 Å². The van der Waals surface area contributed by atoms with Crippen LogP contribution in [0.2, 0.25) is 5.02 Å². The Morgan fingerprint density at radius 1 is 1.00 bits per heavy atom. The summed E-state index contributed by atoms with van der Waals surface area (Å²) < 4.78 is 19.1. The van der Waals surface area contributed by atoms with Gasteiger partial charge in [0.25, 0.3) is 6.47 Å². The molecule has 1 saturated carbocycles. The number of ether oxygens (including phenoxy) is 1. The van der Waals surface area contributed by atoms with Gasteiger partial charge in [0.15, 0.2) is 0 Å². The minimum absolute atomic E-state index is 0.116. The summed E-state index contributed by atoms with van der Waals surface area (Å²) in [4.78, 5) is 22.9. The van der Waals surface area contributed by atoms with Crippen LogP contribution in [0.4, 0.5) is 26.2 Å². The maximum atomic E-state index is 13.8. The first-order valence-corrected chi connectivity index (χ1v) is 11.8.